The predicted molar refractivity (Wildman–Crippen MR) is 79.8 cm³/mol. The summed E-state index contributed by atoms with van der Waals surface area (Å²) < 4.78 is 28.9. The molecule has 0 aliphatic heterocycles. The van der Waals surface area contributed by atoms with E-state index in [0.717, 1.165) is 11.2 Å². The van der Waals surface area contributed by atoms with Gasteiger partial charge in [0.1, 0.15) is 11.3 Å². The molecule has 1 heterocycles. The molecule has 2 aromatic carbocycles. The number of nitrogens with zero attached hydrogens (tertiary/aromatic N) is 3. The maximum atomic E-state index is 10.8. The molecule has 0 radical (unpaired) electrons. The van der Waals surface area contributed by atoms with E-state index in [-0.39, 0.29) is 0 Å². The standard InChI is InChI=1S/C13H12N4O3S/c1-20-11-5-6-13-12(8-11)14-16-17(13)10-4-2-3-9(7-10)15-21(18)19/h2-8,15H,1H3,(H,18,19). The number of ether oxygens (including phenoxy) is 1. The summed E-state index contributed by atoms with van der Waals surface area (Å²) in [4.78, 5) is 0. The second-order valence-corrected chi connectivity index (χ2v) is 4.96. The summed E-state index contributed by atoms with van der Waals surface area (Å²) >= 11 is -2.11. The van der Waals surface area contributed by atoms with E-state index in [1.165, 1.54) is 0 Å². The summed E-state index contributed by atoms with van der Waals surface area (Å²) in [6.07, 6.45) is 0. The number of hydrogen-bond acceptors (Lipinski definition) is 4. The third kappa shape index (κ3) is 2.71. The van der Waals surface area contributed by atoms with Gasteiger partial charge in [-0.2, -0.15) is 0 Å². The number of anilines is 1. The van der Waals surface area contributed by atoms with Crippen LogP contribution in [0.4, 0.5) is 5.69 Å². The lowest BCUT2D eigenvalue weighted by molar-refractivity contribution is 0.415. The molecule has 0 aliphatic rings. The second kappa shape index (κ2) is 5.51. The zero-order valence-corrected chi connectivity index (χ0v) is 11.9. The molecule has 3 rings (SSSR count). The van der Waals surface area contributed by atoms with Crippen molar-refractivity contribution in [3.05, 3.63) is 42.5 Å². The van der Waals surface area contributed by atoms with Crippen LogP contribution in [-0.2, 0) is 11.3 Å². The average molecular weight is 304 g/mol. The van der Waals surface area contributed by atoms with Crippen LogP contribution in [0.25, 0.3) is 16.7 Å². The van der Waals surface area contributed by atoms with E-state index in [4.69, 9.17) is 9.29 Å². The monoisotopic (exact) mass is 304 g/mol. The highest BCUT2D eigenvalue weighted by Gasteiger charge is 2.08. The van der Waals surface area contributed by atoms with Gasteiger partial charge in [0.25, 0.3) is 11.3 Å². The summed E-state index contributed by atoms with van der Waals surface area (Å²) in [6.45, 7) is 0. The van der Waals surface area contributed by atoms with Crippen molar-refractivity contribution in [3.8, 4) is 11.4 Å². The van der Waals surface area contributed by atoms with Crippen molar-refractivity contribution in [1.29, 1.82) is 0 Å². The first-order valence-electron chi connectivity index (χ1n) is 6.05. The van der Waals surface area contributed by atoms with E-state index in [1.807, 2.05) is 18.2 Å². The molecule has 1 atom stereocenters. The summed E-state index contributed by atoms with van der Waals surface area (Å²) in [5.41, 5.74) is 2.78. The number of benzene rings is 2. The Morgan fingerprint density at radius 1 is 1.29 bits per heavy atom. The van der Waals surface area contributed by atoms with E-state index < -0.39 is 11.3 Å². The number of fused-ring (bicyclic) bond motifs is 1. The summed E-state index contributed by atoms with van der Waals surface area (Å²) in [5, 5.41) is 8.20. The number of hydrogen-bond donors (Lipinski definition) is 2. The Morgan fingerprint density at radius 3 is 2.90 bits per heavy atom. The molecule has 1 aromatic heterocycles. The molecular formula is C13H12N4O3S. The third-order valence-corrected chi connectivity index (χ3v) is 3.36. The number of rotatable bonds is 4. The Labute approximate surface area is 123 Å². The van der Waals surface area contributed by atoms with Crippen molar-refractivity contribution in [3.63, 3.8) is 0 Å². The lowest BCUT2D eigenvalue weighted by Gasteiger charge is -2.06. The van der Waals surface area contributed by atoms with Gasteiger partial charge in [-0.15, -0.1) is 5.10 Å². The third-order valence-electron chi connectivity index (χ3n) is 2.95. The lowest BCUT2D eigenvalue weighted by Crippen LogP contribution is -2.03. The maximum Gasteiger partial charge on any atom is 0.259 e. The van der Waals surface area contributed by atoms with E-state index >= 15 is 0 Å². The van der Waals surface area contributed by atoms with Gasteiger partial charge < -0.3 is 4.74 Å². The molecule has 2 N–H and O–H groups in total. The van der Waals surface area contributed by atoms with Crippen molar-refractivity contribution < 1.29 is 13.5 Å². The molecule has 7 nitrogen and oxygen atoms in total. The zero-order valence-electron chi connectivity index (χ0n) is 11.1. The van der Waals surface area contributed by atoms with Crippen molar-refractivity contribution in [1.82, 2.24) is 15.0 Å². The normalized spacial score (nSPS) is 12.3. The quantitative estimate of drug-likeness (QED) is 0.719. The van der Waals surface area contributed by atoms with Crippen LogP contribution in [0.2, 0.25) is 0 Å². The lowest BCUT2D eigenvalue weighted by atomic mass is 10.2. The van der Waals surface area contributed by atoms with Gasteiger partial charge in [-0.1, -0.05) is 11.3 Å². The highest BCUT2D eigenvalue weighted by molar-refractivity contribution is 7.80. The van der Waals surface area contributed by atoms with Gasteiger partial charge in [-0.05, 0) is 30.3 Å². The fraction of sp³-hybridized carbons (Fsp3) is 0.0769. The first kappa shape index (κ1) is 13.5. The fourth-order valence-corrected chi connectivity index (χ4v) is 2.35. The highest BCUT2D eigenvalue weighted by Crippen LogP contribution is 2.22. The Kier molecular flexibility index (Phi) is 3.55. The van der Waals surface area contributed by atoms with Crippen LogP contribution in [0.5, 0.6) is 5.75 Å². The molecule has 21 heavy (non-hydrogen) atoms. The topological polar surface area (TPSA) is 89.3 Å². The number of methoxy groups -OCH3 is 1. The van der Waals surface area contributed by atoms with Crippen molar-refractivity contribution in [2.75, 3.05) is 11.8 Å². The van der Waals surface area contributed by atoms with E-state index in [2.05, 4.69) is 15.0 Å². The molecule has 0 spiro atoms. The second-order valence-electron chi connectivity index (χ2n) is 4.26. The van der Waals surface area contributed by atoms with Crippen molar-refractivity contribution in [2.24, 2.45) is 0 Å². The van der Waals surface area contributed by atoms with Crippen LogP contribution in [0.1, 0.15) is 0 Å². The molecule has 0 amide bonds. The van der Waals surface area contributed by atoms with Gasteiger partial charge in [0.15, 0.2) is 0 Å². The smallest absolute Gasteiger partial charge is 0.259 e. The molecule has 0 bridgehead atoms. The predicted octanol–water partition coefficient (Wildman–Crippen LogP) is 1.98. The molecule has 0 aliphatic carbocycles. The van der Waals surface area contributed by atoms with Crippen molar-refractivity contribution in [2.45, 2.75) is 0 Å². The molecule has 3 aromatic rings. The zero-order chi connectivity index (χ0) is 14.8. The Hall–Kier alpha value is -2.45. The van der Waals surface area contributed by atoms with Crippen molar-refractivity contribution >= 4 is 28.0 Å². The van der Waals surface area contributed by atoms with Crippen LogP contribution < -0.4 is 9.46 Å². The van der Waals surface area contributed by atoms with Gasteiger partial charge >= 0.3 is 0 Å². The Balaban J connectivity index is 2.06. The van der Waals surface area contributed by atoms with Crippen LogP contribution in [-0.4, -0.2) is 30.9 Å². The first-order valence-corrected chi connectivity index (χ1v) is 7.15. The van der Waals surface area contributed by atoms with E-state index in [0.29, 0.717) is 17.0 Å². The maximum absolute atomic E-state index is 10.8. The van der Waals surface area contributed by atoms with Crippen LogP contribution in [0.15, 0.2) is 42.5 Å². The molecule has 0 saturated carbocycles. The summed E-state index contributed by atoms with van der Waals surface area (Å²) in [5.74, 6) is 0.709. The first-order chi connectivity index (χ1) is 10.2. The SMILES string of the molecule is COc1ccc2c(c1)nnn2-c1cccc(NS(=O)O)c1. The van der Waals surface area contributed by atoms with Gasteiger partial charge in [0.2, 0.25) is 0 Å². The number of aromatic nitrogens is 3. The molecule has 1 unspecified atom stereocenters. The molecule has 0 fully saturated rings. The van der Waals surface area contributed by atoms with E-state index in [9.17, 15) is 4.21 Å². The molecule has 0 saturated heterocycles. The summed E-state index contributed by atoms with van der Waals surface area (Å²) in [6, 6.07) is 12.5. The van der Waals surface area contributed by atoms with Crippen LogP contribution in [0.3, 0.4) is 0 Å². The molecule has 8 heteroatoms. The van der Waals surface area contributed by atoms with Gasteiger partial charge in [0, 0.05) is 6.07 Å². The average Bonchev–Trinajstić information content (AvgIpc) is 2.89. The fourth-order valence-electron chi connectivity index (χ4n) is 2.02. The van der Waals surface area contributed by atoms with Gasteiger partial charge in [-0.25, -0.2) is 8.89 Å². The molecule has 108 valence electrons. The van der Waals surface area contributed by atoms with E-state index in [1.54, 1.807) is 36.1 Å². The summed E-state index contributed by atoms with van der Waals surface area (Å²) in [7, 11) is 1.59. The molecular weight excluding hydrogens is 292 g/mol. The Bertz CT molecular complexity index is 818. The largest absolute Gasteiger partial charge is 0.497 e. The van der Waals surface area contributed by atoms with Crippen LogP contribution in [0, 0.1) is 0 Å². The number of nitrogens with one attached hydrogen (secondary N) is 1. The van der Waals surface area contributed by atoms with Gasteiger partial charge in [0.05, 0.1) is 24.0 Å². The van der Waals surface area contributed by atoms with Crippen LogP contribution >= 0.6 is 0 Å². The minimum atomic E-state index is -2.11. The highest BCUT2D eigenvalue weighted by atomic mass is 32.2. The van der Waals surface area contributed by atoms with Gasteiger partial charge in [-0.3, -0.25) is 9.27 Å². The minimum absolute atomic E-state index is 0.519. The Morgan fingerprint density at radius 2 is 2.14 bits per heavy atom. The minimum Gasteiger partial charge on any atom is -0.497 e.